The maximum atomic E-state index is 11.7. The number of aromatic amines is 1. The second-order valence-electron chi connectivity index (χ2n) is 7.44. The molecule has 0 bridgehead atoms. The number of H-pyrrole nitrogens is 1. The Morgan fingerprint density at radius 2 is 1.82 bits per heavy atom. The van der Waals surface area contributed by atoms with Crippen molar-refractivity contribution in [2.45, 2.75) is 32.4 Å². The van der Waals surface area contributed by atoms with Crippen LogP contribution in [0.5, 0.6) is 5.75 Å². The van der Waals surface area contributed by atoms with Crippen LogP contribution in [0.2, 0.25) is 0 Å². The van der Waals surface area contributed by atoms with Gasteiger partial charge in [-0.25, -0.2) is 0 Å². The van der Waals surface area contributed by atoms with Gasteiger partial charge in [-0.15, -0.1) is 0 Å². The SMILES string of the molecule is COc1ccc(C[C@@H](C)N(C)C[C@H](O)c2ccc(C)c3[nH]c(=O)ccc23)cc1. The summed E-state index contributed by atoms with van der Waals surface area (Å²) in [6, 6.07) is 15.5. The van der Waals surface area contributed by atoms with E-state index in [2.05, 4.69) is 28.9 Å². The second kappa shape index (κ2) is 8.59. The van der Waals surface area contributed by atoms with Gasteiger partial charge in [-0.3, -0.25) is 4.79 Å². The number of aromatic nitrogens is 1. The number of aliphatic hydroxyl groups is 1. The summed E-state index contributed by atoms with van der Waals surface area (Å²) in [5, 5.41) is 11.8. The number of likely N-dealkylation sites (N-methyl/N-ethyl adjacent to an activating group) is 1. The number of methoxy groups -OCH3 is 1. The number of hydrogen-bond acceptors (Lipinski definition) is 4. The Morgan fingerprint density at radius 1 is 1.11 bits per heavy atom. The number of nitrogens with zero attached hydrogens (tertiary/aromatic N) is 1. The van der Waals surface area contributed by atoms with Crippen LogP contribution in [0, 0.1) is 6.92 Å². The largest absolute Gasteiger partial charge is 0.497 e. The third-order valence-electron chi connectivity index (χ3n) is 5.40. The second-order valence-corrected chi connectivity index (χ2v) is 7.44. The number of pyridine rings is 1. The van der Waals surface area contributed by atoms with E-state index in [4.69, 9.17) is 4.74 Å². The number of hydrogen-bond donors (Lipinski definition) is 2. The molecule has 1 heterocycles. The van der Waals surface area contributed by atoms with Gasteiger partial charge in [-0.05, 0) is 62.2 Å². The zero-order valence-corrected chi connectivity index (χ0v) is 16.9. The number of nitrogens with one attached hydrogen (secondary N) is 1. The molecule has 0 amide bonds. The fourth-order valence-electron chi connectivity index (χ4n) is 3.51. The molecule has 0 saturated carbocycles. The quantitative estimate of drug-likeness (QED) is 0.659. The molecule has 28 heavy (non-hydrogen) atoms. The van der Waals surface area contributed by atoms with Crippen molar-refractivity contribution in [1.29, 1.82) is 0 Å². The van der Waals surface area contributed by atoms with Crippen LogP contribution in [0.1, 0.15) is 29.7 Å². The van der Waals surface area contributed by atoms with Gasteiger partial charge < -0.3 is 19.7 Å². The highest BCUT2D eigenvalue weighted by molar-refractivity contribution is 5.85. The monoisotopic (exact) mass is 380 g/mol. The fourth-order valence-corrected chi connectivity index (χ4v) is 3.51. The zero-order chi connectivity index (χ0) is 20.3. The minimum Gasteiger partial charge on any atom is -0.497 e. The summed E-state index contributed by atoms with van der Waals surface area (Å²) in [5.74, 6) is 0.851. The molecule has 3 rings (SSSR count). The Morgan fingerprint density at radius 3 is 2.50 bits per heavy atom. The Hall–Kier alpha value is -2.63. The standard InChI is InChI=1S/C23H28N2O3/c1-15-5-10-19(20-11-12-22(27)24-23(15)20)21(26)14-25(3)16(2)13-17-6-8-18(28-4)9-7-17/h5-12,16,21,26H,13-14H2,1-4H3,(H,24,27)/t16-,21+/m1/s1. The Labute approximate surface area is 165 Å². The topological polar surface area (TPSA) is 65.6 Å². The van der Waals surface area contributed by atoms with Crippen molar-refractivity contribution in [2.24, 2.45) is 0 Å². The first kappa shape index (κ1) is 20.1. The molecule has 2 N–H and O–H groups in total. The molecular formula is C23H28N2O3. The Kier molecular flexibility index (Phi) is 6.17. The third-order valence-corrected chi connectivity index (χ3v) is 5.40. The van der Waals surface area contributed by atoms with Crippen LogP contribution < -0.4 is 10.3 Å². The lowest BCUT2D eigenvalue weighted by atomic mass is 9.99. The van der Waals surface area contributed by atoms with Crippen molar-refractivity contribution in [3.63, 3.8) is 0 Å². The number of aliphatic hydroxyl groups excluding tert-OH is 1. The molecule has 5 heteroatoms. The number of ether oxygens (including phenoxy) is 1. The Bertz CT molecular complexity index is 995. The van der Waals surface area contributed by atoms with Crippen LogP contribution in [-0.4, -0.2) is 41.7 Å². The van der Waals surface area contributed by atoms with E-state index in [1.54, 1.807) is 13.2 Å². The molecule has 0 saturated heterocycles. The number of rotatable bonds is 7. The van der Waals surface area contributed by atoms with Crippen molar-refractivity contribution in [1.82, 2.24) is 9.88 Å². The van der Waals surface area contributed by atoms with Crippen molar-refractivity contribution >= 4 is 10.9 Å². The van der Waals surface area contributed by atoms with E-state index in [9.17, 15) is 9.90 Å². The summed E-state index contributed by atoms with van der Waals surface area (Å²) >= 11 is 0. The molecule has 3 aromatic rings. The van der Waals surface area contributed by atoms with Crippen molar-refractivity contribution in [2.75, 3.05) is 20.7 Å². The van der Waals surface area contributed by atoms with Gasteiger partial charge >= 0.3 is 0 Å². The van der Waals surface area contributed by atoms with E-state index in [0.29, 0.717) is 6.54 Å². The van der Waals surface area contributed by atoms with Crippen molar-refractivity contribution < 1.29 is 9.84 Å². The number of benzene rings is 2. The summed E-state index contributed by atoms with van der Waals surface area (Å²) in [6.45, 7) is 4.62. The fraction of sp³-hybridized carbons (Fsp3) is 0.348. The maximum absolute atomic E-state index is 11.7. The van der Waals surface area contributed by atoms with Gasteiger partial charge in [0.25, 0.3) is 0 Å². The predicted octanol–water partition coefficient (Wildman–Crippen LogP) is 3.44. The third kappa shape index (κ3) is 4.43. The van der Waals surface area contributed by atoms with Crippen molar-refractivity contribution in [3.05, 3.63) is 75.6 Å². The van der Waals surface area contributed by atoms with Gasteiger partial charge in [0, 0.05) is 24.0 Å². The lowest BCUT2D eigenvalue weighted by Crippen LogP contribution is -2.34. The molecule has 1 aromatic heterocycles. The molecule has 5 nitrogen and oxygen atoms in total. The van der Waals surface area contributed by atoms with E-state index in [1.807, 2.05) is 38.2 Å². The predicted molar refractivity (Wildman–Crippen MR) is 113 cm³/mol. The molecule has 0 aliphatic heterocycles. The van der Waals surface area contributed by atoms with Crippen LogP contribution in [0.25, 0.3) is 10.9 Å². The molecule has 148 valence electrons. The van der Waals surface area contributed by atoms with Gasteiger partial charge in [0.2, 0.25) is 5.56 Å². The van der Waals surface area contributed by atoms with Crippen LogP contribution >= 0.6 is 0 Å². The van der Waals surface area contributed by atoms with Crippen LogP contribution in [-0.2, 0) is 6.42 Å². The first-order valence-electron chi connectivity index (χ1n) is 9.53. The van der Waals surface area contributed by atoms with E-state index in [-0.39, 0.29) is 11.6 Å². The first-order chi connectivity index (χ1) is 13.4. The molecule has 0 fully saturated rings. The minimum atomic E-state index is -0.641. The average Bonchev–Trinajstić information content (AvgIpc) is 2.69. The van der Waals surface area contributed by atoms with E-state index in [1.165, 1.54) is 11.6 Å². The summed E-state index contributed by atoms with van der Waals surface area (Å²) in [6.07, 6.45) is 0.243. The molecule has 0 aliphatic rings. The summed E-state index contributed by atoms with van der Waals surface area (Å²) in [7, 11) is 3.69. The first-order valence-corrected chi connectivity index (χ1v) is 9.53. The van der Waals surface area contributed by atoms with Gasteiger partial charge in [0.1, 0.15) is 5.75 Å². The van der Waals surface area contributed by atoms with E-state index in [0.717, 1.165) is 34.2 Å². The van der Waals surface area contributed by atoms with Gasteiger partial charge in [-0.1, -0.05) is 24.3 Å². The van der Waals surface area contributed by atoms with E-state index >= 15 is 0 Å². The molecule has 0 spiro atoms. The molecule has 0 unspecified atom stereocenters. The lowest BCUT2D eigenvalue weighted by Gasteiger charge is -2.28. The highest BCUT2D eigenvalue weighted by atomic mass is 16.5. The minimum absolute atomic E-state index is 0.132. The molecule has 2 aromatic carbocycles. The summed E-state index contributed by atoms with van der Waals surface area (Å²) in [4.78, 5) is 16.7. The molecule has 0 aliphatic carbocycles. The molecule has 0 radical (unpaired) electrons. The Balaban J connectivity index is 1.73. The van der Waals surface area contributed by atoms with Gasteiger partial charge in [0.05, 0.1) is 18.7 Å². The summed E-state index contributed by atoms with van der Waals surface area (Å²) in [5.41, 5.74) is 3.71. The maximum Gasteiger partial charge on any atom is 0.248 e. The number of aryl methyl sites for hydroxylation is 1. The van der Waals surface area contributed by atoms with Crippen LogP contribution in [0.15, 0.2) is 53.3 Å². The summed E-state index contributed by atoms with van der Waals surface area (Å²) < 4.78 is 5.21. The number of fused-ring (bicyclic) bond motifs is 1. The van der Waals surface area contributed by atoms with Gasteiger partial charge in [-0.2, -0.15) is 0 Å². The van der Waals surface area contributed by atoms with Gasteiger partial charge in [0.15, 0.2) is 0 Å². The molecular weight excluding hydrogens is 352 g/mol. The molecule has 2 atom stereocenters. The lowest BCUT2D eigenvalue weighted by molar-refractivity contribution is 0.109. The smallest absolute Gasteiger partial charge is 0.248 e. The highest BCUT2D eigenvalue weighted by Crippen LogP contribution is 2.26. The van der Waals surface area contributed by atoms with E-state index < -0.39 is 6.10 Å². The van der Waals surface area contributed by atoms with Crippen LogP contribution in [0.4, 0.5) is 0 Å². The van der Waals surface area contributed by atoms with Crippen molar-refractivity contribution in [3.8, 4) is 5.75 Å². The zero-order valence-electron chi connectivity index (χ0n) is 16.9. The average molecular weight is 380 g/mol. The highest BCUT2D eigenvalue weighted by Gasteiger charge is 2.18. The van der Waals surface area contributed by atoms with Crippen LogP contribution in [0.3, 0.4) is 0 Å². The normalized spacial score (nSPS) is 13.6.